The van der Waals surface area contributed by atoms with Crippen LogP contribution in [-0.4, -0.2) is 22.6 Å². The molecular formula is C15H20ClN3. The highest BCUT2D eigenvalue weighted by Crippen LogP contribution is 2.22. The van der Waals surface area contributed by atoms with Crippen LogP contribution in [-0.2, 0) is 0 Å². The van der Waals surface area contributed by atoms with Gasteiger partial charge in [0.1, 0.15) is 0 Å². The molecule has 1 aromatic heterocycles. The Morgan fingerprint density at radius 1 is 1.21 bits per heavy atom. The van der Waals surface area contributed by atoms with Crippen LogP contribution < -0.4 is 5.32 Å². The van der Waals surface area contributed by atoms with E-state index >= 15 is 0 Å². The zero-order chi connectivity index (χ0) is 13.7. The number of anilines is 1. The van der Waals surface area contributed by atoms with Crippen molar-refractivity contribution in [1.29, 1.82) is 0 Å². The number of nitrogens with zero attached hydrogens (tertiary/aromatic N) is 2. The number of nitrogens with one attached hydrogen (secondary N) is 1. The second-order valence-electron chi connectivity index (χ2n) is 4.81. The van der Waals surface area contributed by atoms with Crippen molar-refractivity contribution in [3.05, 3.63) is 30.0 Å². The first kappa shape index (κ1) is 14.1. The van der Waals surface area contributed by atoms with E-state index in [-0.39, 0.29) is 0 Å². The van der Waals surface area contributed by atoms with E-state index in [0.717, 1.165) is 41.7 Å². The smallest absolute Gasteiger partial charge is 0.156 e. The third kappa shape index (κ3) is 3.35. The molecule has 0 aliphatic rings. The Balaban J connectivity index is 2.19. The predicted molar refractivity (Wildman–Crippen MR) is 81.9 cm³/mol. The van der Waals surface area contributed by atoms with Gasteiger partial charge in [-0.05, 0) is 19.3 Å². The molecule has 0 amide bonds. The average Bonchev–Trinajstić information content (AvgIpc) is 2.45. The molecule has 19 heavy (non-hydrogen) atoms. The fraction of sp³-hybridized carbons (Fsp3) is 0.467. The zero-order valence-corrected chi connectivity index (χ0v) is 12.2. The highest BCUT2D eigenvalue weighted by atomic mass is 35.5. The summed E-state index contributed by atoms with van der Waals surface area (Å²) >= 11 is 5.82. The largest absolute Gasteiger partial charge is 0.368 e. The molecule has 0 saturated carbocycles. The van der Waals surface area contributed by atoms with Gasteiger partial charge in [-0.2, -0.15) is 5.10 Å². The summed E-state index contributed by atoms with van der Waals surface area (Å²) in [5.41, 5.74) is 0.967. The van der Waals surface area contributed by atoms with Crippen molar-refractivity contribution in [2.75, 3.05) is 17.7 Å². The van der Waals surface area contributed by atoms with Crippen LogP contribution in [0.25, 0.3) is 10.8 Å². The molecule has 0 aliphatic carbocycles. The van der Waals surface area contributed by atoms with Crippen molar-refractivity contribution in [3.8, 4) is 0 Å². The summed E-state index contributed by atoms with van der Waals surface area (Å²) in [5.74, 6) is 2.16. The number of fused-ring (bicyclic) bond motifs is 1. The molecule has 0 bridgehead atoms. The van der Waals surface area contributed by atoms with Crippen molar-refractivity contribution in [3.63, 3.8) is 0 Å². The van der Waals surface area contributed by atoms with Crippen molar-refractivity contribution in [1.82, 2.24) is 10.2 Å². The van der Waals surface area contributed by atoms with Gasteiger partial charge in [0, 0.05) is 23.2 Å². The first-order valence-electron chi connectivity index (χ1n) is 6.78. The first-order valence-corrected chi connectivity index (χ1v) is 7.31. The fourth-order valence-electron chi connectivity index (χ4n) is 2.21. The number of rotatable bonds is 6. The molecule has 0 saturated heterocycles. The van der Waals surface area contributed by atoms with E-state index in [2.05, 4.69) is 34.6 Å². The third-order valence-corrected chi connectivity index (χ3v) is 3.74. The van der Waals surface area contributed by atoms with Crippen LogP contribution in [0.3, 0.4) is 0 Å². The Kier molecular flexibility index (Phi) is 4.97. The number of aromatic nitrogens is 2. The van der Waals surface area contributed by atoms with Crippen LogP contribution in [0, 0.1) is 12.8 Å². The van der Waals surface area contributed by atoms with Gasteiger partial charge in [0.25, 0.3) is 0 Å². The third-order valence-electron chi connectivity index (χ3n) is 3.52. The lowest BCUT2D eigenvalue weighted by molar-refractivity contribution is 0.521. The van der Waals surface area contributed by atoms with Gasteiger partial charge in [-0.3, -0.25) is 0 Å². The summed E-state index contributed by atoms with van der Waals surface area (Å²) in [4.78, 5) is 0. The van der Waals surface area contributed by atoms with Crippen LogP contribution in [0.5, 0.6) is 0 Å². The molecular weight excluding hydrogens is 258 g/mol. The normalized spacial score (nSPS) is 12.6. The van der Waals surface area contributed by atoms with E-state index in [1.165, 1.54) is 0 Å². The number of aryl methyl sites for hydroxylation is 1. The number of hydrogen-bond donors (Lipinski definition) is 1. The molecule has 1 aromatic carbocycles. The molecule has 3 nitrogen and oxygen atoms in total. The molecule has 0 spiro atoms. The monoisotopic (exact) mass is 277 g/mol. The highest BCUT2D eigenvalue weighted by Gasteiger charge is 2.09. The Hall–Kier alpha value is -1.35. The van der Waals surface area contributed by atoms with E-state index in [4.69, 9.17) is 11.6 Å². The van der Waals surface area contributed by atoms with Crippen molar-refractivity contribution < 1.29 is 0 Å². The van der Waals surface area contributed by atoms with Gasteiger partial charge in [-0.25, -0.2) is 0 Å². The van der Waals surface area contributed by atoms with Gasteiger partial charge >= 0.3 is 0 Å². The molecule has 4 heteroatoms. The topological polar surface area (TPSA) is 37.8 Å². The van der Waals surface area contributed by atoms with Gasteiger partial charge in [0.15, 0.2) is 5.82 Å². The van der Waals surface area contributed by atoms with Crippen molar-refractivity contribution in [2.24, 2.45) is 5.92 Å². The van der Waals surface area contributed by atoms with E-state index in [1.807, 2.05) is 19.1 Å². The summed E-state index contributed by atoms with van der Waals surface area (Å²) in [7, 11) is 0. The summed E-state index contributed by atoms with van der Waals surface area (Å²) < 4.78 is 0. The minimum Gasteiger partial charge on any atom is -0.368 e. The van der Waals surface area contributed by atoms with E-state index in [9.17, 15) is 0 Å². The Labute approximate surface area is 119 Å². The van der Waals surface area contributed by atoms with Crippen LogP contribution in [0.4, 0.5) is 5.82 Å². The molecule has 1 unspecified atom stereocenters. The van der Waals surface area contributed by atoms with Crippen LogP contribution in [0.15, 0.2) is 24.3 Å². The van der Waals surface area contributed by atoms with E-state index in [1.54, 1.807) is 0 Å². The molecule has 1 heterocycles. The van der Waals surface area contributed by atoms with Crippen LogP contribution in [0.2, 0.25) is 0 Å². The molecule has 0 aliphatic heterocycles. The predicted octanol–water partition coefficient (Wildman–Crippen LogP) is 4.01. The fourth-order valence-corrected chi connectivity index (χ4v) is 2.52. The maximum absolute atomic E-state index is 5.82. The van der Waals surface area contributed by atoms with Crippen molar-refractivity contribution >= 4 is 28.2 Å². The van der Waals surface area contributed by atoms with Gasteiger partial charge in [0.2, 0.25) is 0 Å². The highest BCUT2D eigenvalue weighted by molar-refractivity contribution is 6.17. The molecule has 2 rings (SSSR count). The van der Waals surface area contributed by atoms with E-state index < -0.39 is 0 Å². The summed E-state index contributed by atoms with van der Waals surface area (Å²) in [6, 6.07) is 8.23. The molecule has 102 valence electrons. The molecule has 2 aromatic rings. The SMILES string of the molecule is CCC(CCCl)CNc1nnc(C)c2ccccc12. The van der Waals surface area contributed by atoms with Crippen molar-refractivity contribution in [2.45, 2.75) is 26.7 Å². The molecule has 1 atom stereocenters. The summed E-state index contributed by atoms with van der Waals surface area (Å²) in [5, 5.41) is 14.2. The Morgan fingerprint density at radius 3 is 2.63 bits per heavy atom. The maximum atomic E-state index is 5.82. The Morgan fingerprint density at radius 2 is 1.95 bits per heavy atom. The quantitative estimate of drug-likeness (QED) is 0.811. The molecule has 0 radical (unpaired) electrons. The van der Waals surface area contributed by atoms with E-state index in [0.29, 0.717) is 11.8 Å². The lowest BCUT2D eigenvalue weighted by atomic mass is 10.0. The minimum atomic E-state index is 0.583. The maximum Gasteiger partial charge on any atom is 0.156 e. The van der Waals surface area contributed by atoms with Gasteiger partial charge < -0.3 is 5.32 Å². The molecule has 1 N–H and O–H groups in total. The Bertz CT molecular complexity index is 542. The summed E-state index contributed by atoms with van der Waals surface area (Å²) in [6.45, 7) is 5.07. The number of hydrogen-bond acceptors (Lipinski definition) is 3. The minimum absolute atomic E-state index is 0.583. The number of benzene rings is 1. The van der Waals surface area contributed by atoms with Gasteiger partial charge in [-0.1, -0.05) is 37.6 Å². The second kappa shape index (κ2) is 6.71. The van der Waals surface area contributed by atoms with Gasteiger partial charge in [0.05, 0.1) is 5.69 Å². The zero-order valence-electron chi connectivity index (χ0n) is 11.5. The van der Waals surface area contributed by atoms with Crippen LogP contribution >= 0.6 is 11.6 Å². The lowest BCUT2D eigenvalue weighted by Gasteiger charge is -2.15. The first-order chi connectivity index (χ1) is 9.26. The second-order valence-corrected chi connectivity index (χ2v) is 5.19. The number of halogens is 1. The lowest BCUT2D eigenvalue weighted by Crippen LogP contribution is -2.15. The van der Waals surface area contributed by atoms with Crippen LogP contribution in [0.1, 0.15) is 25.5 Å². The molecule has 0 fully saturated rings. The standard InChI is InChI=1S/C15H20ClN3/c1-3-12(8-9-16)10-17-15-14-7-5-4-6-13(14)11(2)18-19-15/h4-7,12H,3,8-10H2,1-2H3,(H,17,19). The average molecular weight is 278 g/mol. The summed E-state index contributed by atoms with van der Waals surface area (Å²) in [6.07, 6.45) is 2.15. The van der Waals surface area contributed by atoms with Gasteiger partial charge in [-0.15, -0.1) is 16.7 Å². The number of alkyl halides is 1.